The molecule has 1 unspecified atom stereocenters. The average Bonchev–Trinajstić information content (AvgIpc) is 3.28. The smallest absolute Gasteiger partial charge is 0.248 e. The van der Waals surface area contributed by atoms with E-state index in [1.54, 1.807) is 12.1 Å². The van der Waals surface area contributed by atoms with Gasteiger partial charge in [-0.3, -0.25) is 9.48 Å². The highest BCUT2D eigenvalue weighted by atomic mass is 16.1. The molecular weight excluding hydrogens is 328 g/mol. The maximum atomic E-state index is 11.2. The lowest BCUT2D eigenvalue weighted by Gasteiger charge is -2.21. The minimum atomic E-state index is -0.410. The van der Waals surface area contributed by atoms with Gasteiger partial charge in [-0.05, 0) is 36.6 Å². The normalized spacial score (nSPS) is 17.5. The summed E-state index contributed by atoms with van der Waals surface area (Å²) in [5.41, 5.74) is 8.13. The third kappa shape index (κ3) is 4.22. The van der Waals surface area contributed by atoms with Crippen molar-refractivity contribution in [2.24, 2.45) is 17.8 Å². The summed E-state index contributed by atoms with van der Waals surface area (Å²) in [5.74, 6) is 1.01. The first-order valence-corrected chi connectivity index (χ1v) is 8.97. The van der Waals surface area contributed by atoms with Gasteiger partial charge in [-0.25, -0.2) is 4.99 Å². The van der Waals surface area contributed by atoms with Crippen LogP contribution in [0.2, 0.25) is 0 Å². The Kier molecular flexibility index (Phi) is 5.55. The monoisotopic (exact) mass is 354 g/mol. The number of hydrogen-bond acceptors (Lipinski definition) is 3. The summed E-state index contributed by atoms with van der Waals surface area (Å²) in [7, 11) is 1.95. The number of nitrogens with zero attached hydrogens (tertiary/aromatic N) is 4. The van der Waals surface area contributed by atoms with Gasteiger partial charge in [0.1, 0.15) is 0 Å². The number of aliphatic imine (C=N–C) groups is 1. The Hall–Kier alpha value is -2.83. The molecular formula is C19H26N6O. The van der Waals surface area contributed by atoms with Crippen molar-refractivity contribution >= 4 is 11.9 Å². The molecule has 2 aromatic rings. The van der Waals surface area contributed by atoms with Crippen molar-refractivity contribution in [3.8, 4) is 0 Å². The second-order valence-electron chi connectivity index (χ2n) is 6.61. The van der Waals surface area contributed by atoms with Crippen LogP contribution in [-0.4, -0.2) is 46.2 Å². The quantitative estimate of drug-likeness (QED) is 0.629. The highest BCUT2D eigenvalue weighted by Gasteiger charge is 2.26. The maximum absolute atomic E-state index is 11.2. The molecule has 0 radical (unpaired) electrons. The first kappa shape index (κ1) is 18.0. The summed E-state index contributed by atoms with van der Waals surface area (Å²) in [6.07, 6.45) is 5.15. The number of hydrogen-bond donors (Lipinski definition) is 2. The van der Waals surface area contributed by atoms with Crippen molar-refractivity contribution < 1.29 is 4.79 Å². The van der Waals surface area contributed by atoms with E-state index in [1.165, 1.54) is 5.56 Å². The molecule has 0 saturated carbocycles. The van der Waals surface area contributed by atoms with E-state index in [0.29, 0.717) is 18.0 Å². The van der Waals surface area contributed by atoms with Crippen LogP contribution in [0.15, 0.2) is 41.7 Å². The number of likely N-dealkylation sites (tertiary alicyclic amines) is 1. The van der Waals surface area contributed by atoms with Crippen LogP contribution in [0.5, 0.6) is 0 Å². The van der Waals surface area contributed by atoms with Crippen molar-refractivity contribution in [2.45, 2.75) is 25.8 Å². The zero-order valence-corrected chi connectivity index (χ0v) is 15.4. The Morgan fingerprint density at radius 2 is 2.15 bits per heavy atom. The molecule has 7 heteroatoms. The number of guanidine groups is 1. The molecule has 26 heavy (non-hydrogen) atoms. The van der Waals surface area contributed by atoms with Crippen LogP contribution in [0.4, 0.5) is 0 Å². The van der Waals surface area contributed by atoms with Crippen LogP contribution in [0.3, 0.4) is 0 Å². The van der Waals surface area contributed by atoms with E-state index in [9.17, 15) is 4.79 Å². The minimum absolute atomic E-state index is 0.410. The summed E-state index contributed by atoms with van der Waals surface area (Å²) in [4.78, 5) is 18.2. The molecule has 7 nitrogen and oxygen atoms in total. The van der Waals surface area contributed by atoms with E-state index >= 15 is 0 Å². The van der Waals surface area contributed by atoms with Crippen molar-refractivity contribution in [2.75, 3.05) is 19.6 Å². The Balaban J connectivity index is 1.66. The van der Waals surface area contributed by atoms with Gasteiger partial charge in [-0.2, -0.15) is 5.10 Å². The van der Waals surface area contributed by atoms with Gasteiger partial charge in [-0.1, -0.05) is 12.1 Å². The zero-order chi connectivity index (χ0) is 18.5. The number of nitrogens with one attached hydrogen (secondary N) is 1. The van der Waals surface area contributed by atoms with Crippen LogP contribution in [0.25, 0.3) is 0 Å². The predicted molar refractivity (Wildman–Crippen MR) is 102 cm³/mol. The summed E-state index contributed by atoms with van der Waals surface area (Å²) < 4.78 is 1.85. The molecule has 2 heterocycles. The fraction of sp³-hybridized carbons (Fsp3) is 0.421. The summed E-state index contributed by atoms with van der Waals surface area (Å²) in [6, 6.07) is 7.29. The maximum Gasteiger partial charge on any atom is 0.248 e. The predicted octanol–water partition coefficient (Wildman–Crippen LogP) is 1.47. The van der Waals surface area contributed by atoms with E-state index in [1.807, 2.05) is 30.1 Å². The lowest BCUT2D eigenvalue weighted by Crippen LogP contribution is -2.40. The third-order valence-corrected chi connectivity index (χ3v) is 4.67. The van der Waals surface area contributed by atoms with E-state index in [2.05, 4.69) is 28.4 Å². The van der Waals surface area contributed by atoms with Crippen LogP contribution < -0.4 is 11.1 Å². The highest BCUT2D eigenvalue weighted by Crippen LogP contribution is 2.26. The third-order valence-electron chi connectivity index (χ3n) is 4.67. The minimum Gasteiger partial charge on any atom is -0.366 e. The van der Waals surface area contributed by atoms with Crippen LogP contribution >= 0.6 is 0 Å². The molecule has 0 aliphatic carbocycles. The van der Waals surface area contributed by atoms with Gasteiger partial charge >= 0.3 is 0 Å². The summed E-state index contributed by atoms with van der Waals surface area (Å²) in [5, 5.41) is 7.66. The first-order valence-electron chi connectivity index (χ1n) is 8.97. The number of aryl methyl sites for hydroxylation is 1. The number of amides is 1. The Morgan fingerprint density at radius 3 is 2.77 bits per heavy atom. The molecule has 1 aromatic carbocycles. The number of nitrogens with two attached hydrogens (primary N) is 1. The Morgan fingerprint density at radius 1 is 1.38 bits per heavy atom. The number of aromatic nitrogens is 2. The SMILES string of the molecule is CCNC(=NCc1ccc(C(N)=O)cc1)N1CCC(c2cnn(C)c2)C1. The molecule has 0 spiro atoms. The number of carbonyl (C=O) groups is 1. The molecule has 1 aliphatic rings. The van der Waals surface area contributed by atoms with Gasteiger partial charge in [0.15, 0.2) is 5.96 Å². The molecule has 1 atom stereocenters. The molecule has 1 saturated heterocycles. The van der Waals surface area contributed by atoms with Gasteiger partial charge in [0.25, 0.3) is 0 Å². The molecule has 3 rings (SSSR count). The van der Waals surface area contributed by atoms with E-state index in [4.69, 9.17) is 10.7 Å². The second-order valence-corrected chi connectivity index (χ2v) is 6.61. The largest absolute Gasteiger partial charge is 0.366 e. The van der Waals surface area contributed by atoms with E-state index in [-0.39, 0.29) is 0 Å². The number of carbonyl (C=O) groups excluding carboxylic acids is 1. The Labute approximate surface area is 153 Å². The lowest BCUT2D eigenvalue weighted by molar-refractivity contribution is 0.100. The van der Waals surface area contributed by atoms with Crippen LogP contribution in [0, 0.1) is 0 Å². The highest BCUT2D eigenvalue weighted by molar-refractivity contribution is 5.92. The zero-order valence-electron chi connectivity index (χ0n) is 15.4. The van der Waals surface area contributed by atoms with Crippen molar-refractivity contribution in [1.82, 2.24) is 20.0 Å². The summed E-state index contributed by atoms with van der Waals surface area (Å²) >= 11 is 0. The van der Waals surface area contributed by atoms with E-state index in [0.717, 1.165) is 37.6 Å². The van der Waals surface area contributed by atoms with Crippen molar-refractivity contribution in [3.05, 3.63) is 53.3 Å². The number of benzene rings is 1. The van der Waals surface area contributed by atoms with Crippen molar-refractivity contribution in [3.63, 3.8) is 0 Å². The Bertz CT molecular complexity index is 780. The topological polar surface area (TPSA) is 88.5 Å². The first-order chi connectivity index (χ1) is 12.6. The second kappa shape index (κ2) is 8.03. The van der Waals surface area contributed by atoms with Gasteiger partial charge < -0.3 is 16.0 Å². The van der Waals surface area contributed by atoms with Crippen LogP contribution in [-0.2, 0) is 13.6 Å². The van der Waals surface area contributed by atoms with Crippen molar-refractivity contribution in [1.29, 1.82) is 0 Å². The molecule has 138 valence electrons. The fourth-order valence-corrected chi connectivity index (χ4v) is 3.24. The molecule has 1 aromatic heterocycles. The molecule has 3 N–H and O–H groups in total. The van der Waals surface area contributed by atoms with Gasteiger partial charge in [-0.15, -0.1) is 0 Å². The van der Waals surface area contributed by atoms with Crippen LogP contribution in [0.1, 0.15) is 40.7 Å². The molecule has 1 fully saturated rings. The number of rotatable bonds is 5. The lowest BCUT2D eigenvalue weighted by atomic mass is 10.0. The average molecular weight is 354 g/mol. The van der Waals surface area contributed by atoms with Gasteiger partial charge in [0, 0.05) is 44.4 Å². The molecule has 1 aliphatic heterocycles. The van der Waals surface area contributed by atoms with Gasteiger partial charge in [0.05, 0.1) is 12.7 Å². The molecule has 0 bridgehead atoms. The summed E-state index contributed by atoms with van der Waals surface area (Å²) in [6.45, 7) is 5.39. The van der Waals surface area contributed by atoms with E-state index < -0.39 is 5.91 Å². The number of primary amides is 1. The fourth-order valence-electron chi connectivity index (χ4n) is 3.24. The van der Waals surface area contributed by atoms with Gasteiger partial charge in [0.2, 0.25) is 5.91 Å². The molecule has 1 amide bonds. The standard InChI is InChI=1S/C19H26N6O/c1-3-21-19(22-10-14-4-6-15(7-5-14)18(20)26)25-9-8-16(13-25)17-11-23-24(2)12-17/h4-7,11-12,16H,3,8-10,13H2,1-2H3,(H2,20,26)(H,21,22).